The Kier molecular flexibility index (Phi) is 2.48. The molecule has 0 spiro atoms. The van der Waals surface area contributed by atoms with Crippen molar-refractivity contribution in [1.29, 1.82) is 0 Å². The Bertz CT molecular complexity index is 530. The molecule has 0 atom stereocenters. The van der Waals surface area contributed by atoms with Crippen LogP contribution in [0.25, 0.3) is 0 Å². The third kappa shape index (κ3) is 2.11. The monoisotopic (exact) mass is 228 g/mol. The van der Waals surface area contributed by atoms with E-state index in [1.165, 1.54) is 16.8 Å². The van der Waals surface area contributed by atoms with Crippen molar-refractivity contribution in [2.75, 3.05) is 17.2 Å². The molecule has 1 aliphatic heterocycles. The van der Waals surface area contributed by atoms with Gasteiger partial charge < -0.3 is 10.6 Å². The lowest BCUT2D eigenvalue weighted by molar-refractivity contribution is 0.768. The average molecular weight is 228 g/mol. The van der Waals surface area contributed by atoms with E-state index >= 15 is 0 Å². The molecule has 0 amide bonds. The fourth-order valence-electron chi connectivity index (χ4n) is 2.17. The van der Waals surface area contributed by atoms with Gasteiger partial charge in [-0.1, -0.05) is 12.1 Å². The molecule has 2 heterocycles. The molecule has 1 aliphatic rings. The number of rotatable bonds is 3. The van der Waals surface area contributed by atoms with Gasteiger partial charge in [0.25, 0.3) is 0 Å². The van der Waals surface area contributed by atoms with Crippen LogP contribution in [0.4, 0.5) is 11.5 Å². The maximum Gasteiger partial charge on any atom is 0.148 e. The molecule has 1 aromatic heterocycles. The van der Waals surface area contributed by atoms with Crippen LogP contribution in [-0.2, 0) is 20.0 Å². The Hall–Kier alpha value is -1.97. The van der Waals surface area contributed by atoms with E-state index in [1.807, 2.05) is 19.3 Å². The van der Waals surface area contributed by atoms with Crippen molar-refractivity contribution in [1.82, 2.24) is 9.78 Å². The highest BCUT2D eigenvalue weighted by atomic mass is 15.3. The molecule has 1 aromatic carbocycles. The third-order valence-electron chi connectivity index (χ3n) is 3.07. The predicted octanol–water partition coefficient (Wildman–Crippen LogP) is 2.00. The van der Waals surface area contributed by atoms with Gasteiger partial charge in [0.15, 0.2) is 0 Å². The van der Waals surface area contributed by atoms with Crippen molar-refractivity contribution in [3.8, 4) is 0 Å². The minimum atomic E-state index is 0.824. The quantitative estimate of drug-likeness (QED) is 0.844. The summed E-state index contributed by atoms with van der Waals surface area (Å²) in [5, 5.41) is 11.0. The van der Waals surface area contributed by atoms with Gasteiger partial charge >= 0.3 is 0 Å². The molecule has 2 N–H and O–H groups in total. The second-order valence-electron chi connectivity index (χ2n) is 4.40. The first-order chi connectivity index (χ1) is 8.31. The van der Waals surface area contributed by atoms with E-state index in [0.29, 0.717) is 0 Å². The van der Waals surface area contributed by atoms with E-state index in [-0.39, 0.29) is 0 Å². The summed E-state index contributed by atoms with van der Waals surface area (Å²) in [7, 11) is 1.92. The highest BCUT2D eigenvalue weighted by Crippen LogP contribution is 2.23. The second kappa shape index (κ2) is 4.13. The SMILES string of the molecule is Cn1ccc(NCc2ccc3c(c2)CCN3)n1. The average Bonchev–Trinajstić information content (AvgIpc) is 2.94. The number of nitrogens with one attached hydrogen (secondary N) is 2. The van der Waals surface area contributed by atoms with Crippen LogP contribution >= 0.6 is 0 Å². The summed E-state index contributed by atoms with van der Waals surface area (Å²) in [5.41, 5.74) is 4.01. The van der Waals surface area contributed by atoms with Gasteiger partial charge in [0, 0.05) is 38.1 Å². The van der Waals surface area contributed by atoms with Gasteiger partial charge in [-0.15, -0.1) is 0 Å². The molecule has 3 rings (SSSR count). The highest BCUT2D eigenvalue weighted by molar-refractivity contribution is 5.56. The summed E-state index contributed by atoms with van der Waals surface area (Å²) in [6.45, 7) is 1.89. The van der Waals surface area contributed by atoms with Gasteiger partial charge in [-0.05, 0) is 23.6 Å². The van der Waals surface area contributed by atoms with E-state index in [2.05, 4.69) is 33.9 Å². The standard InChI is InChI=1S/C13H16N4/c1-17-7-5-13(16-17)15-9-10-2-3-12-11(8-10)4-6-14-12/h2-3,5,7-8,14H,4,6,9H2,1H3,(H,15,16). The lowest BCUT2D eigenvalue weighted by Gasteiger charge is -2.06. The zero-order chi connectivity index (χ0) is 11.7. The summed E-state index contributed by atoms with van der Waals surface area (Å²) in [6.07, 6.45) is 3.07. The molecule has 0 unspecified atom stereocenters. The Morgan fingerprint density at radius 2 is 2.35 bits per heavy atom. The molecule has 0 aliphatic carbocycles. The van der Waals surface area contributed by atoms with Gasteiger partial charge in [0.1, 0.15) is 5.82 Å². The third-order valence-corrected chi connectivity index (χ3v) is 3.07. The largest absolute Gasteiger partial charge is 0.384 e. The minimum absolute atomic E-state index is 0.824. The summed E-state index contributed by atoms with van der Waals surface area (Å²) in [6, 6.07) is 8.57. The summed E-state index contributed by atoms with van der Waals surface area (Å²) in [5.74, 6) is 0.922. The van der Waals surface area contributed by atoms with E-state index < -0.39 is 0 Å². The van der Waals surface area contributed by atoms with Gasteiger partial charge in [0.2, 0.25) is 0 Å². The molecular weight excluding hydrogens is 212 g/mol. The van der Waals surface area contributed by atoms with E-state index in [4.69, 9.17) is 0 Å². The van der Waals surface area contributed by atoms with E-state index in [1.54, 1.807) is 4.68 Å². The first-order valence-electron chi connectivity index (χ1n) is 5.90. The van der Waals surface area contributed by atoms with Crippen molar-refractivity contribution in [2.45, 2.75) is 13.0 Å². The smallest absolute Gasteiger partial charge is 0.148 e. The lowest BCUT2D eigenvalue weighted by Crippen LogP contribution is -2.01. The van der Waals surface area contributed by atoms with E-state index in [9.17, 15) is 0 Å². The Morgan fingerprint density at radius 1 is 1.41 bits per heavy atom. The van der Waals surface area contributed by atoms with Crippen LogP contribution < -0.4 is 10.6 Å². The van der Waals surface area contributed by atoms with Crippen LogP contribution in [0.5, 0.6) is 0 Å². The van der Waals surface area contributed by atoms with Gasteiger partial charge in [-0.2, -0.15) is 5.10 Å². The van der Waals surface area contributed by atoms with Crippen LogP contribution in [0.1, 0.15) is 11.1 Å². The molecule has 0 bridgehead atoms. The first kappa shape index (κ1) is 10.2. The number of aromatic nitrogens is 2. The number of nitrogens with zero attached hydrogens (tertiary/aromatic N) is 2. The van der Waals surface area contributed by atoms with Gasteiger partial charge in [-0.25, -0.2) is 0 Å². The van der Waals surface area contributed by atoms with Crippen LogP contribution in [-0.4, -0.2) is 16.3 Å². The van der Waals surface area contributed by atoms with Crippen LogP contribution in [0.3, 0.4) is 0 Å². The maximum atomic E-state index is 4.29. The van der Waals surface area contributed by atoms with Crippen LogP contribution in [0.2, 0.25) is 0 Å². The lowest BCUT2D eigenvalue weighted by atomic mass is 10.1. The zero-order valence-corrected chi connectivity index (χ0v) is 9.90. The van der Waals surface area contributed by atoms with Crippen molar-refractivity contribution in [3.05, 3.63) is 41.6 Å². The minimum Gasteiger partial charge on any atom is -0.384 e. The van der Waals surface area contributed by atoms with Crippen LogP contribution in [0, 0.1) is 0 Å². The fourth-order valence-corrected chi connectivity index (χ4v) is 2.17. The molecule has 4 heteroatoms. The number of fused-ring (bicyclic) bond motifs is 1. The number of hydrogen-bond donors (Lipinski definition) is 2. The maximum absolute atomic E-state index is 4.29. The van der Waals surface area contributed by atoms with Gasteiger partial charge in [0.05, 0.1) is 0 Å². The Morgan fingerprint density at radius 3 is 3.18 bits per heavy atom. The summed E-state index contributed by atoms with van der Waals surface area (Å²) >= 11 is 0. The van der Waals surface area contributed by atoms with Crippen LogP contribution in [0.15, 0.2) is 30.5 Å². The molecule has 0 fully saturated rings. The highest BCUT2D eigenvalue weighted by Gasteiger charge is 2.09. The molecule has 17 heavy (non-hydrogen) atoms. The van der Waals surface area contributed by atoms with Gasteiger partial charge in [-0.3, -0.25) is 4.68 Å². The predicted molar refractivity (Wildman–Crippen MR) is 69.2 cm³/mol. The summed E-state index contributed by atoms with van der Waals surface area (Å²) in [4.78, 5) is 0. The summed E-state index contributed by atoms with van der Waals surface area (Å²) < 4.78 is 1.80. The number of benzene rings is 1. The number of aryl methyl sites for hydroxylation is 1. The number of anilines is 2. The fraction of sp³-hybridized carbons (Fsp3) is 0.308. The molecule has 4 nitrogen and oxygen atoms in total. The molecule has 88 valence electrons. The molecule has 0 saturated heterocycles. The Balaban J connectivity index is 1.69. The zero-order valence-electron chi connectivity index (χ0n) is 9.90. The molecule has 0 saturated carbocycles. The Labute approximate surface area is 101 Å². The number of hydrogen-bond acceptors (Lipinski definition) is 3. The van der Waals surface area contributed by atoms with Crippen molar-refractivity contribution < 1.29 is 0 Å². The first-order valence-corrected chi connectivity index (χ1v) is 5.90. The molecule has 0 radical (unpaired) electrons. The van der Waals surface area contributed by atoms with E-state index in [0.717, 1.165) is 25.3 Å². The molecule has 2 aromatic rings. The van der Waals surface area contributed by atoms with Crippen molar-refractivity contribution >= 4 is 11.5 Å². The molecular formula is C13H16N4. The normalized spacial score (nSPS) is 13.2. The second-order valence-corrected chi connectivity index (χ2v) is 4.40. The van der Waals surface area contributed by atoms with Crippen molar-refractivity contribution in [2.24, 2.45) is 7.05 Å². The topological polar surface area (TPSA) is 41.9 Å². The van der Waals surface area contributed by atoms with Crippen molar-refractivity contribution in [3.63, 3.8) is 0 Å².